The predicted molar refractivity (Wildman–Crippen MR) is 97.6 cm³/mol. The van der Waals surface area contributed by atoms with E-state index in [9.17, 15) is 33.0 Å². The van der Waals surface area contributed by atoms with E-state index in [1.807, 2.05) is 0 Å². The molecule has 6 nitrogen and oxygen atoms in total. The molecule has 9 heteroatoms. The number of halogens is 3. The number of carbonyl (C=O) groups is 2. The van der Waals surface area contributed by atoms with Crippen LogP contribution in [-0.2, 0) is 6.18 Å². The monoisotopic (exact) mass is 408 g/mol. The van der Waals surface area contributed by atoms with Crippen molar-refractivity contribution in [3.8, 4) is 11.5 Å². The lowest BCUT2D eigenvalue weighted by Crippen LogP contribution is -2.38. The van der Waals surface area contributed by atoms with Crippen molar-refractivity contribution in [1.82, 2.24) is 9.80 Å². The first-order valence-electron chi connectivity index (χ1n) is 8.94. The maximum Gasteiger partial charge on any atom is 0.417 e. The van der Waals surface area contributed by atoms with E-state index in [0.717, 1.165) is 18.2 Å². The standard InChI is InChI=1S/C20H19F3N2O4/c21-20(22,23)17-5-2-1-4-16(17)19(29)25-7-3-6-24(8-9-25)18(28)13-10-14(26)12-15(27)11-13/h1-2,4-5,10-12,26-27H,3,6-9H2. The first kappa shape index (κ1) is 20.5. The quantitative estimate of drug-likeness (QED) is 0.800. The Labute approximate surface area is 164 Å². The Hall–Kier alpha value is -3.23. The number of hydrogen-bond donors (Lipinski definition) is 2. The van der Waals surface area contributed by atoms with Crippen molar-refractivity contribution in [2.24, 2.45) is 0 Å². The highest BCUT2D eigenvalue weighted by atomic mass is 19.4. The molecule has 29 heavy (non-hydrogen) atoms. The zero-order valence-corrected chi connectivity index (χ0v) is 15.3. The minimum absolute atomic E-state index is 0.0710. The van der Waals surface area contributed by atoms with Crippen molar-refractivity contribution >= 4 is 11.8 Å². The summed E-state index contributed by atoms with van der Waals surface area (Å²) in [5, 5.41) is 19.1. The topological polar surface area (TPSA) is 81.1 Å². The molecule has 0 unspecified atom stereocenters. The fourth-order valence-electron chi connectivity index (χ4n) is 3.31. The lowest BCUT2D eigenvalue weighted by molar-refractivity contribution is -0.138. The van der Waals surface area contributed by atoms with Gasteiger partial charge in [-0.2, -0.15) is 13.2 Å². The van der Waals surface area contributed by atoms with Crippen LogP contribution in [0.3, 0.4) is 0 Å². The second-order valence-electron chi connectivity index (χ2n) is 6.72. The summed E-state index contributed by atoms with van der Waals surface area (Å²) in [5.41, 5.74) is -1.32. The Bertz CT molecular complexity index is 910. The van der Waals surface area contributed by atoms with Crippen LogP contribution in [0.25, 0.3) is 0 Å². The Kier molecular flexibility index (Phi) is 5.67. The minimum Gasteiger partial charge on any atom is -0.508 e. The molecule has 1 aliphatic rings. The Balaban J connectivity index is 1.75. The summed E-state index contributed by atoms with van der Waals surface area (Å²) in [5.74, 6) is -1.70. The number of alkyl halides is 3. The molecule has 2 amide bonds. The van der Waals surface area contributed by atoms with Crippen molar-refractivity contribution in [1.29, 1.82) is 0 Å². The molecule has 0 radical (unpaired) electrons. The molecule has 0 atom stereocenters. The van der Waals surface area contributed by atoms with E-state index < -0.39 is 29.1 Å². The summed E-state index contributed by atoms with van der Waals surface area (Å²) in [6.07, 6.45) is -4.26. The van der Waals surface area contributed by atoms with Crippen LogP contribution in [0.1, 0.15) is 32.7 Å². The van der Waals surface area contributed by atoms with Gasteiger partial charge in [0.15, 0.2) is 0 Å². The van der Waals surface area contributed by atoms with E-state index in [0.29, 0.717) is 13.0 Å². The number of aromatic hydroxyl groups is 2. The summed E-state index contributed by atoms with van der Waals surface area (Å²) < 4.78 is 39.6. The number of amides is 2. The molecular weight excluding hydrogens is 389 g/mol. The smallest absolute Gasteiger partial charge is 0.417 e. The number of nitrogens with zero attached hydrogens (tertiary/aromatic N) is 2. The molecule has 1 saturated heterocycles. The van der Waals surface area contributed by atoms with Crippen molar-refractivity contribution in [3.05, 3.63) is 59.2 Å². The van der Waals surface area contributed by atoms with Crippen LogP contribution >= 0.6 is 0 Å². The van der Waals surface area contributed by atoms with Gasteiger partial charge in [-0.1, -0.05) is 12.1 Å². The molecule has 0 aromatic heterocycles. The van der Waals surface area contributed by atoms with E-state index >= 15 is 0 Å². The first-order valence-corrected chi connectivity index (χ1v) is 8.94. The lowest BCUT2D eigenvalue weighted by atomic mass is 10.1. The van der Waals surface area contributed by atoms with Crippen molar-refractivity contribution < 1.29 is 33.0 Å². The molecular formula is C20H19F3N2O4. The summed E-state index contributed by atoms with van der Waals surface area (Å²) in [6, 6.07) is 8.16. The average molecular weight is 408 g/mol. The minimum atomic E-state index is -4.64. The third kappa shape index (κ3) is 4.61. The van der Waals surface area contributed by atoms with Crippen LogP contribution in [-0.4, -0.2) is 58.0 Å². The molecule has 3 rings (SSSR count). The fraction of sp³-hybridized carbons (Fsp3) is 0.300. The fourth-order valence-corrected chi connectivity index (χ4v) is 3.31. The van der Waals surface area contributed by atoms with Gasteiger partial charge in [0.05, 0.1) is 11.1 Å². The van der Waals surface area contributed by atoms with E-state index in [2.05, 4.69) is 0 Å². The van der Waals surface area contributed by atoms with Gasteiger partial charge in [-0.25, -0.2) is 0 Å². The van der Waals surface area contributed by atoms with Gasteiger partial charge in [-0.05, 0) is 30.7 Å². The van der Waals surface area contributed by atoms with Crippen LogP contribution in [0.2, 0.25) is 0 Å². The Morgan fingerprint density at radius 2 is 1.38 bits per heavy atom. The average Bonchev–Trinajstić information content (AvgIpc) is 2.91. The maximum atomic E-state index is 13.2. The van der Waals surface area contributed by atoms with E-state index in [4.69, 9.17) is 0 Å². The van der Waals surface area contributed by atoms with Crippen molar-refractivity contribution in [3.63, 3.8) is 0 Å². The molecule has 154 valence electrons. The van der Waals surface area contributed by atoms with Crippen LogP contribution in [0, 0.1) is 0 Å². The highest BCUT2D eigenvalue weighted by Gasteiger charge is 2.36. The number of hydrogen-bond acceptors (Lipinski definition) is 4. The van der Waals surface area contributed by atoms with Crippen molar-refractivity contribution in [2.75, 3.05) is 26.2 Å². The molecule has 0 aliphatic carbocycles. The van der Waals surface area contributed by atoms with Crippen LogP contribution in [0.15, 0.2) is 42.5 Å². The third-order valence-corrected chi connectivity index (χ3v) is 4.68. The summed E-state index contributed by atoms with van der Waals surface area (Å²) in [4.78, 5) is 28.1. The molecule has 1 heterocycles. The van der Waals surface area contributed by atoms with Gasteiger partial charge in [-0.3, -0.25) is 9.59 Å². The largest absolute Gasteiger partial charge is 0.508 e. The highest BCUT2D eigenvalue weighted by Crippen LogP contribution is 2.32. The molecule has 0 spiro atoms. The lowest BCUT2D eigenvalue weighted by Gasteiger charge is -2.23. The molecule has 0 saturated carbocycles. The number of carbonyl (C=O) groups excluding carboxylic acids is 2. The van der Waals surface area contributed by atoms with Crippen LogP contribution < -0.4 is 0 Å². The van der Waals surface area contributed by atoms with Gasteiger partial charge in [0.2, 0.25) is 0 Å². The molecule has 0 bridgehead atoms. The van der Waals surface area contributed by atoms with Gasteiger partial charge in [0.1, 0.15) is 11.5 Å². The Morgan fingerprint density at radius 3 is 1.97 bits per heavy atom. The van der Waals surface area contributed by atoms with Crippen LogP contribution in [0.4, 0.5) is 13.2 Å². The van der Waals surface area contributed by atoms with Gasteiger partial charge in [0, 0.05) is 37.8 Å². The number of phenolic OH excluding ortho intramolecular Hbond substituents is 2. The summed E-state index contributed by atoms with van der Waals surface area (Å²) in [6.45, 7) is 0.691. The van der Waals surface area contributed by atoms with Crippen molar-refractivity contribution in [2.45, 2.75) is 12.6 Å². The molecule has 2 N–H and O–H groups in total. The van der Waals surface area contributed by atoms with Gasteiger partial charge < -0.3 is 20.0 Å². The molecule has 2 aromatic rings. The normalized spacial score (nSPS) is 15.1. The zero-order valence-electron chi connectivity index (χ0n) is 15.3. The summed E-state index contributed by atoms with van der Waals surface area (Å²) in [7, 11) is 0. The Morgan fingerprint density at radius 1 is 0.828 bits per heavy atom. The second kappa shape index (κ2) is 8.02. The van der Waals surface area contributed by atoms with Gasteiger partial charge in [0.25, 0.3) is 11.8 Å². The molecule has 2 aromatic carbocycles. The first-order chi connectivity index (χ1) is 13.7. The van der Waals surface area contributed by atoms with E-state index in [1.165, 1.54) is 34.1 Å². The predicted octanol–water partition coefficient (Wildman–Crippen LogP) is 3.10. The zero-order chi connectivity index (χ0) is 21.2. The van der Waals surface area contributed by atoms with E-state index in [1.54, 1.807) is 0 Å². The van der Waals surface area contributed by atoms with Gasteiger partial charge in [-0.15, -0.1) is 0 Å². The highest BCUT2D eigenvalue weighted by molar-refractivity contribution is 5.97. The second-order valence-corrected chi connectivity index (χ2v) is 6.72. The van der Waals surface area contributed by atoms with Gasteiger partial charge >= 0.3 is 6.18 Å². The summed E-state index contributed by atoms with van der Waals surface area (Å²) >= 11 is 0. The molecule has 1 aliphatic heterocycles. The molecule has 1 fully saturated rings. The number of benzene rings is 2. The van der Waals surface area contributed by atoms with Crippen LogP contribution in [0.5, 0.6) is 11.5 Å². The SMILES string of the molecule is O=C(c1cc(O)cc(O)c1)N1CCCN(C(=O)c2ccccc2C(F)(F)F)CC1. The number of rotatable bonds is 2. The third-order valence-electron chi connectivity index (χ3n) is 4.68. The maximum absolute atomic E-state index is 13.2. The van der Waals surface area contributed by atoms with E-state index in [-0.39, 0.29) is 36.7 Å². The number of phenols is 2.